The Hall–Kier alpha value is -1.77. The first-order chi connectivity index (χ1) is 8.73. The first-order valence-corrected chi connectivity index (χ1v) is 6.37. The molecule has 0 aliphatic heterocycles. The highest BCUT2D eigenvalue weighted by Gasteiger charge is 2.19. The molecule has 0 fully saturated rings. The number of benzene rings is 1. The van der Waals surface area contributed by atoms with E-state index < -0.39 is 5.97 Å². The zero-order chi connectivity index (χ0) is 14.6. The summed E-state index contributed by atoms with van der Waals surface area (Å²) in [7, 11) is 0. The average molecular weight is 262 g/mol. The number of ether oxygens (including phenoxy) is 1. The van der Waals surface area contributed by atoms with E-state index >= 15 is 0 Å². The van der Waals surface area contributed by atoms with Crippen LogP contribution >= 0.6 is 0 Å². The molecule has 1 N–H and O–H groups in total. The number of carbonyl (C=O) groups is 1. The lowest BCUT2D eigenvalue weighted by molar-refractivity contribution is -0.138. The summed E-state index contributed by atoms with van der Waals surface area (Å²) in [5.41, 5.74) is 1.96. The van der Waals surface area contributed by atoms with Crippen LogP contribution in [0, 0.1) is 0 Å². The van der Waals surface area contributed by atoms with Gasteiger partial charge in [-0.1, -0.05) is 45.5 Å². The van der Waals surface area contributed by atoms with Gasteiger partial charge in [0.05, 0.1) is 6.61 Å². The van der Waals surface area contributed by atoms with Crippen molar-refractivity contribution in [1.29, 1.82) is 0 Å². The smallest absolute Gasteiger partial charge is 0.333 e. The van der Waals surface area contributed by atoms with Gasteiger partial charge in [-0.05, 0) is 23.5 Å². The minimum Gasteiger partial charge on any atom is -0.507 e. The first kappa shape index (κ1) is 15.3. The Morgan fingerprint density at radius 3 is 2.53 bits per heavy atom. The van der Waals surface area contributed by atoms with E-state index in [4.69, 9.17) is 4.74 Å². The van der Waals surface area contributed by atoms with Crippen LogP contribution in [0.2, 0.25) is 0 Å². The zero-order valence-electron chi connectivity index (χ0n) is 12.1. The number of phenolic OH excluding ortho intramolecular Hbond substituents is 1. The molecule has 0 saturated heterocycles. The minimum absolute atomic E-state index is 0.117. The number of para-hydroxylation sites is 1. The molecule has 0 amide bonds. The third kappa shape index (κ3) is 4.12. The molecule has 0 unspecified atom stereocenters. The summed E-state index contributed by atoms with van der Waals surface area (Å²) in [5, 5.41) is 10.2. The summed E-state index contributed by atoms with van der Waals surface area (Å²) in [4.78, 5) is 11.3. The SMILES string of the molecule is C=C(C)C(=O)OCCc1cccc(C(C)(C)C)c1O. The Morgan fingerprint density at radius 2 is 2.00 bits per heavy atom. The van der Waals surface area contributed by atoms with Crippen LogP contribution in [-0.4, -0.2) is 17.7 Å². The highest BCUT2D eigenvalue weighted by atomic mass is 16.5. The van der Waals surface area contributed by atoms with Crippen LogP contribution in [0.25, 0.3) is 0 Å². The van der Waals surface area contributed by atoms with Gasteiger partial charge in [0.1, 0.15) is 5.75 Å². The van der Waals surface area contributed by atoms with Gasteiger partial charge < -0.3 is 9.84 Å². The molecule has 0 spiro atoms. The molecule has 104 valence electrons. The van der Waals surface area contributed by atoms with Crippen molar-refractivity contribution in [2.45, 2.75) is 39.5 Å². The van der Waals surface area contributed by atoms with Gasteiger partial charge in [-0.25, -0.2) is 4.79 Å². The molecular weight excluding hydrogens is 240 g/mol. The summed E-state index contributed by atoms with van der Waals surface area (Å²) < 4.78 is 5.04. The van der Waals surface area contributed by atoms with E-state index in [1.54, 1.807) is 6.92 Å². The number of phenols is 1. The molecule has 0 aromatic heterocycles. The average Bonchev–Trinajstić information content (AvgIpc) is 2.29. The van der Waals surface area contributed by atoms with Crippen LogP contribution in [0.15, 0.2) is 30.4 Å². The normalized spacial score (nSPS) is 11.2. The van der Waals surface area contributed by atoms with Crippen LogP contribution in [0.1, 0.15) is 38.8 Å². The monoisotopic (exact) mass is 262 g/mol. The molecule has 1 aromatic carbocycles. The van der Waals surface area contributed by atoms with Crippen LogP contribution in [0.3, 0.4) is 0 Å². The number of carbonyl (C=O) groups excluding carboxylic acids is 1. The predicted molar refractivity (Wildman–Crippen MR) is 76.3 cm³/mol. The van der Waals surface area contributed by atoms with Crippen molar-refractivity contribution in [3.8, 4) is 5.75 Å². The second-order valence-corrected chi connectivity index (χ2v) is 5.73. The molecule has 0 aliphatic rings. The Balaban J connectivity index is 2.75. The molecule has 3 nitrogen and oxygen atoms in total. The topological polar surface area (TPSA) is 46.5 Å². The molecule has 0 heterocycles. The maximum Gasteiger partial charge on any atom is 0.333 e. The minimum atomic E-state index is -0.397. The number of hydrogen-bond donors (Lipinski definition) is 1. The quantitative estimate of drug-likeness (QED) is 0.668. The molecule has 0 atom stereocenters. The van der Waals surface area contributed by atoms with Crippen molar-refractivity contribution in [3.63, 3.8) is 0 Å². The molecule has 0 bridgehead atoms. The standard InChI is InChI=1S/C16H22O3/c1-11(2)15(18)19-10-9-12-7-6-8-13(14(12)17)16(3,4)5/h6-8,17H,1,9-10H2,2-5H3. The fourth-order valence-corrected chi connectivity index (χ4v) is 1.78. The lowest BCUT2D eigenvalue weighted by Gasteiger charge is -2.21. The second kappa shape index (κ2) is 5.91. The summed E-state index contributed by atoms with van der Waals surface area (Å²) in [5.74, 6) is -0.104. The third-order valence-electron chi connectivity index (χ3n) is 2.88. The van der Waals surface area contributed by atoms with Crippen molar-refractivity contribution in [2.24, 2.45) is 0 Å². The second-order valence-electron chi connectivity index (χ2n) is 5.73. The largest absolute Gasteiger partial charge is 0.507 e. The molecule has 1 rings (SSSR count). The van der Waals surface area contributed by atoms with E-state index in [9.17, 15) is 9.90 Å². The molecule has 1 aromatic rings. The summed E-state index contributed by atoms with van der Waals surface area (Å²) in [6.07, 6.45) is 0.495. The molecule has 3 heteroatoms. The number of hydrogen-bond acceptors (Lipinski definition) is 3. The molecular formula is C16H22O3. The maximum absolute atomic E-state index is 11.3. The summed E-state index contributed by atoms with van der Waals surface area (Å²) >= 11 is 0. The van der Waals surface area contributed by atoms with E-state index in [1.165, 1.54) is 0 Å². The van der Waals surface area contributed by atoms with Crippen molar-refractivity contribution in [3.05, 3.63) is 41.5 Å². The molecule has 0 saturated carbocycles. The van der Waals surface area contributed by atoms with Crippen LogP contribution in [0.5, 0.6) is 5.75 Å². The fourth-order valence-electron chi connectivity index (χ4n) is 1.78. The van der Waals surface area contributed by atoms with E-state index in [2.05, 4.69) is 6.58 Å². The van der Waals surface area contributed by atoms with E-state index in [0.717, 1.165) is 11.1 Å². The summed E-state index contributed by atoms with van der Waals surface area (Å²) in [6.45, 7) is 11.5. The fraction of sp³-hybridized carbons (Fsp3) is 0.438. The van der Waals surface area contributed by atoms with Gasteiger partial charge in [0.15, 0.2) is 0 Å². The lowest BCUT2D eigenvalue weighted by atomic mass is 9.85. The number of esters is 1. The number of aromatic hydroxyl groups is 1. The van der Waals surface area contributed by atoms with E-state index in [-0.39, 0.29) is 12.0 Å². The molecule has 0 radical (unpaired) electrons. The van der Waals surface area contributed by atoms with Gasteiger partial charge in [-0.3, -0.25) is 0 Å². The van der Waals surface area contributed by atoms with Gasteiger partial charge in [0.2, 0.25) is 0 Å². The molecule has 19 heavy (non-hydrogen) atoms. The molecule has 0 aliphatic carbocycles. The van der Waals surface area contributed by atoms with Crippen LogP contribution < -0.4 is 0 Å². The van der Waals surface area contributed by atoms with E-state index in [1.807, 2.05) is 39.0 Å². The first-order valence-electron chi connectivity index (χ1n) is 6.37. The van der Waals surface area contributed by atoms with Crippen LogP contribution in [-0.2, 0) is 21.4 Å². The van der Waals surface area contributed by atoms with Crippen molar-refractivity contribution in [2.75, 3.05) is 6.61 Å². The Labute approximate surface area is 114 Å². The summed E-state index contributed by atoms with van der Waals surface area (Å²) in [6, 6.07) is 5.67. The van der Waals surface area contributed by atoms with E-state index in [0.29, 0.717) is 17.7 Å². The third-order valence-corrected chi connectivity index (χ3v) is 2.88. The maximum atomic E-state index is 11.3. The zero-order valence-corrected chi connectivity index (χ0v) is 12.1. The van der Waals surface area contributed by atoms with Gasteiger partial charge >= 0.3 is 5.97 Å². The Bertz CT molecular complexity index is 481. The van der Waals surface area contributed by atoms with Crippen molar-refractivity contribution in [1.82, 2.24) is 0 Å². The lowest BCUT2D eigenvalue weighted by Crippen LogP contribution is -2.13. The van der Waals surface area contributed by atoms with Crippen molar-refractivity contribution >= 4 is 5.97 Å². The van der Waals surface area contributed by atoms with Gasteiger partial charge in [-0.15, -0.1) is 0 Å². The predicted octanol–water partition coefficient (Wildman–Crippen LogP) is 3.35. The van der Waals surface area contributed by atoms with Crippen LogP contribution in [0.4, 0.5) is 0 Å². The Kier molecular flexibility index (Phi) is 4.76. The highest BCUT2D eigenvalue weighted by molar-refractivity contribution is 5.86. The number of rotatable bonds is 4. The van der Waals surface area contributed by atoms with Gasteiger partial charge in [-0.2, -0.15) is 0 Å². The van der Waals surface area contributed by atoms with Gasteiger partial charge in [0, 0.05) is 12.0 Å². The Morgan fingerprint density at radius 1 is 1.37 bits per heavy atom. The highest BCUT2D eigenvalue weighted by Crippen LogP contribution is 2.33. The van der Waals surface area contributed by atoms with Gasteiger partial charge in [0.25, 0.3) is 0 Å². The van der Waals surface area contributed by atoms with Crippen molar-refractivity contribution < 1.29 is 14.6 Å².